The van der Waals surface area contributed by atoms with E-state index in [9.17, 15) is 8.42 Å². The first-order valence-electron chi connectivity index (χ1n) is 4.64. The minimum Gasteiger partial charge on any atom is -0.375 e. The first-order valence-corrected chi connectivity index (χ1v) is 6.94. The number of nitrogens with one attached hydrogen (secondary N) is 1. The maximum atomic E-state index is 12.0. The monoisotopic (exact) mass is 273 g/mol. The first kappa shape index (κ1) is 11.9. The molecule has 3 N–H and O–H groups in total. The Morgan fingerprint density at radius 1 is 1.53 bits per heavy atom. The van der Waals surface area contributed by atoms with Gasteiger partial charge in [-0.3, -0.25) is 9.40 Å². The normalized spacial score (nSPS) is 11.6. The van der Waals surface area contributed by atoms with E-state index in [1.807, 2.05) is 0 Å². The highest BCUT2D eigenvalue weighted by atomic mass is 32.2. The molecule has 2 aromatic rings. The van der Waals surface area contributed by atoms with E-state index in [4.69, 9.17) is 5.73 Å². The smallest absolute Gasteiger partial charge is 0.274 e. The average Bonchev–Trinajstić information content (AvgIpc) is 2.72. The van der Waals surface area contributed by atoms with E-state index in [1.54, 1.807) is 26.2 Å². The van der Waals surface area contributed by atoms with Crippen molar-refractivity contribution in [3.8, 4) is 0 Å². The van der Waals surface area contributed by atoms with Crippen LogP contribution < -0.4 is 10.5 Å². The van der Waals surface area contributed by atoms with E-state index in [1.165, 1.54) is 4.68 Å². The van der Waals surface area contributed by atoms with Crippen LogP contribution >= 0.6 is 11.3 Å². The van der Waals surface area contributed by atoms with Crippen molar-refractivity contribution in [2.75, 3.05) is 10.5 Å². The Balaban J connectivity index is 2.34. The summed E-state index contributed by atoms with van der Waals surface area (Å²) in [5.41, 5.74) is 5.85. The third-order valence-corrected chi connectivity index (χ3v) is 4.92. The minimum absolute atomic E-state index is 0.112. The van der Waals surface area contributed by atoms with Gasteiger partial charge in [0.2, 0.25) is 0 Å². The molecule has 92 valence electrons. The van der Waals surface area contributed by atoms with Crippen LogP contribution in [0.1, 0.15) is 5.69 Å². The van der Waals surface area contributed by atoms with Crippen LogP contribution in [-0.2, 0) is 17.1 Å². The van der Waals surface area contributed by atoms with Gasteiger partial charge in [-0.15, -0.1) is 0 Å². The van der Waals surface area contributed by atoms with Crippen LogP contribution in [0, 0.1) is 6.92 Å². The van der Waals surface area contributed by atoms with Crippen molar-refractivity contribution >= 4 is 32.3 Å². The number of aryl methyl sites for hydroxylation is 2. The summed E-state index contributed by atoms with van der Waals surface area (Å²) in [7, 11) is -1.96. The average molecular weight is 273 g/mol. The maximum absolute atomic E-state index is 12.0. The van der Waals surface area contributed by atoms with Gasteiger partial charge in [0.25, 0.3) is 10.0 Å². The molecule has 0 radical (unpaired) electrons. The predicted molar refractivity (Wildman–Crippen MR) is 65.3 cm³/mol. The Kier molecular flexibility index (Phi) is 2.79. The molecular weight excluding hydrogens is 262 g/mol. The van der Waals surface area contributed by atoms with Crippen molar-refractivity contribution < 1.29 is 8.42 Å². The van der Waals surface area contributed by atoms with Crippen molar-refractivity contribution in [2.45, 2.75) is 11.1 Å². The van der Waals surface area contributed by atoms with Crippen LogP contribution in [-0.4, -0.2) is 23.2 Å². The van der Waals surface area contributed by atoms with Gasteiger partial charge >= 0.3 is 0 Å². The molecule has 2 rings (SSSR count). The second-order valence-electron chi connectivity index (χ2n) is 3.41. The zero-order valence-corrected chi connectivity index (χ0v) is 10.8. The second-order valence-corrected chi connectivity index (χ2v) is 6.31. The van der Waals surface area contributed by atoms with Gasteiger partial charge in [-0.2, -0.15) is 5.10 Å². The molecular formula is C8H11N5O2S2. The lowest BCUT2D eigenvalue weighted by Crippen LogP contribution is -2.13. The summed E-state index contributed by atoms with van der Waals surface area (Å²) in [5.74, 6) is 0.263. The molecule has 0 aliphatic heterocycles. The minimum atomic E-state index is -3.66. The highest BCUT2D eigenvalue weighted by Gasteiger charge is 2.21. The molecule has 0 amide bonds. The molecule has 17 heavy (non-hydrogen) atoms. The fraction of sp³-hybridized carbons (Fsp3) is 0.250. The Bertz CT molecular complexity index is 643. The van der Waals surface area contributed by atoms with Crippen LogP contribution in [0.2, 0.25) is 0 Å². The van der Waals surface area contributed by atoms with E-state index in [2.05, 4.69) is 14.8 Å². The molecule has 0 spiro atoms. The van der Waals surface area contributed by atoms with Crippen LogP contribution in [0.5, 0.6) is 0 Å². The first-order chi connectivity index (χ1) is 7.88. The number of nitrogens with zero attached hydrogens (tertiary/aromatic N) is 3. The zero-order valence-electron chi connectivity index (χ0n) is 9.21. The van der Waals surface area contributed by atoms with Crippen molar-refractivity contribution in [3.05, 3.63) is 18.0 Å². The number of nitrogens with two attached hydrogens (primary N) is 1. The number of hydrogen-bond donors (Lipinski definition) is 2. The summed E-state index contributed by atoms with van der Waals surface area (Å²) in [6, 6.07) is 1.57. The summed E-state index contributed by atoms with van der Waals surface area (Å²) in [5, 5.41) is 4.16. The number of rotatable bonds is 3. The fourth-order valence-electron chi connectivity index (χ4n) is 1.31. The van der Waals surface area contributed by atoms with Gasteiger partial charge < -0.3 is 5.73 Å². The van der Waals surface area contributed by atoms with Gasteiger partial charge in [-0.25, -0.2) is 13.4 Å². The Labute approximate surface area is 102 Å². The largest absolute Gasteiger partial charge is 0.375 e. The summed E-state index contributed by atoms with van der Waals surface area (Å²) in [4.78, 5) is 3.88. The van der Waals surface area contributed by atoms with Gasteiger partial charge in [-0.1, -0.05) is 11.3 Å². The summed E-state index contributed by atoms with van der Waals surface area (Å²) < 4.78 is 28.0. The van der Waals surface area contributed by atoms with Crippen LogP contribution in [0.3, 0.4) is 0 Å². The lowest BCUT2D eigenvalue weighted by Gasteiger charge is -2.02. The predicted octanol–water partition coefficient (Wildman–Crippen LogP) is 0.568. The van der Waals surface area contributed by atoms with E-state index in [0.29, 0.717) is 5.69 Å². The highest BCUT2D eigenvalue weighted by Crippen LogP contribution is 2.26. The third-order valence-electron chi connectivity index (χ3n) is 1.97. The summed E-state index contributed by atoms with van der Waals surface area (Å²) in [6.45, 7) is 1.60. The molecule has 7 nitrogen and oxygen atoms in total. The van der Waals surface area contributed by atoms with Gasteiger partial charge in [0.05, 0.1) is 5.69 Å². The van der Waals surface area contributed by atoms with Crippen LogP contribution in [0.4, 0.5) is 10.9 Å². The Hall–Kier alpha value is -1.61. The van der Waals surface area contributed by atoms with Crippen molar-refractivity contribution in [1.82, 2.24) is 14.8 Å². The zero-order chi connectivity index (χ0) is 12.6. The quantitative estimate of drug-likeness (QED) is 0.851. The van der Waals surface area contributed by atoms with Gasteiger partial charge in [0.1, 0.15) is 0 Å². The molecule has 0 fully saturated rings. The molecule has 0 saturated carbocycles. The Morgan fingerprint density at radius 3 is 2.71 bits per heavy atom. The third kappa shape index (κ3) is 2.39. The molecule has 0 aromatic carbocycles. The SMILES string of the molecule is Cc1nc(N)sc1S(=O)(=O)Nc1ccn(C)n1. The van der Waals surface area contributed by atoms with E-state index >= 15 is 0 Å². The van der Waals surface area contributed by atoms with Gasteiger partial charge in [0, 0.05) is 19.3 Å². The van der Waals surface area contributed by atoms with Crippen molar-refractivity contribution in [2.24, 2.45) is 7.05 Å². The second kappa shape index (κ2) is 4.00. The topological polar surface area (TPSA) is 103 Å². The van der Waals surface area contributed by atoms with Gasteiger partial charge in [-0.05, 0) is 6.92 Å². The number of aromatic nitrogens is 3. The van der Waals surface area contributed by atoms with Crippen LogP contribution in [0.25, 0.3) is 0 Å². The molecule has 0 atom stereocenters. The number of hydrogen-bond acceptors (Lipinski definition) is 6. The van der Waals surface area contributed by atoms with E-state index in [-0.39, 0.29) is 15.2 Å². The molecule has 2 heterocycles. The van der Waals surface area contributed by atoms with Crippen molar-refractivity contribution in [3.63, 3.8) is 0 Å². The lowest BCUT2D eigenvalue weighted by molar-refractivity contribution is 0.602. The van der Waals surface area contributed by atoms with E-state index < -0.39 is 10.0 Å². The van der Waals surface area contributed by atoms with E-state index in [0.717, 1.165) is 11.3 Å². The molecule has 2 aromatic heterocycles. The standard InChI is InChI=1S/C8H11N5O2S2/c1-5-7(16-8(9)10-5)17(14,15)12-6-3-4-13(2)11-6/h3-4H,1-2H3,(H2,9,10)(H,11,12). The number of anilines is 2. The summed E-state index contributed by atoms with van der Waals surface area (Å²) in [6.07, 6.45) is 1.64. The molecule has 0 aliphatic carbocycles. The molecule has 0 unspecified atom stereocenters. The summed E-state index contributed by atoms with van der Waals surface area (Å²) >= 11 is 0.929. The fourth-order valence-corrected chi connectivity index (χ4v) is 3.60. The van der Waals surface area contributed by atoms with Crippen LogP contribution in [0.15, 0.2) is 16.5 Å². The lowest BCUT2D eigenvalue weighted by atomic mass is 10.6. The van der Waals surface area contributed by atoms with Crippen molar-refractivity contribution in [1.29, 1.82) is 0 Å². The van der Waals surface area contributed by atoms with Gasteiger partial charge in [0.15, 0.2) is 15.2 Å². The molecule has 0 bridgehead atoms. The highest BCUT2D eigenvalue weighted by molar-refractivity contribution is 7.94. The molecule has 9 heteroatoms. The number of nitrogen functional groups attached to an aromatic ring is 1. The molecule has 0 saturated heterocycles. The molecule has 0 aliphatic rings. The maximum Gasteiger partial charge on any atom is 0.274 e. The number of thiazole rings is 1. The Morgan fingerprint density at radius 2 is 2.24 bits per heavy atom. The number of sulfonamides is 1.